The molecular weight excluding hydrogens is 230 g/mol. The first kappa shape index (κ1) is 11.6. The third-order valence-corrected chi connectivity index (χ3v) is 2.34. The van der Waals surface area contributed by atoms with Crippen LogP contribution < -0.4 is 0 Å². The molecule has 0 aliphatic heterocycles. The van der Waals surface area contributed by atoms with Crippen LogP contribution in [0.25, 0.3) is 11.8 Å². The predicted molar refractivity (Wildman–Crippen MR) is 64.9 cm³/mol. The summed E-state index contributed by atoms with van der Waals surface area (Å²) >= 11 is 0. The van der Waals surface area contributed by atoms with Crippen LogP contribution in [-0.2, 0) is 4.79 Å². The molecule has 0 atom stereocenters. The highest BCUT2D eigenvalue weighted by Gasteiger charge is 2.04. The Hall–Kier alpha value is -2.87. The van der Waals surface area contributed by atoms with Gasteiger partial charge in [0.25, 0.3) is 0 Å². The normalized spacial score (nSPS) is 10.4. The summed E-state index contributed by atoms with van der Waals surface area (Å²) in [6.07, 6.45) is 7.44. The van der Waals surface area contributed by atoms with Gasteiger partial charge in [-0.25, -0.2) is 9.78 Å². The molecule has 0 aliphatic carbocycles. The van der Waals surface area contributed by atoms with E-state index < -0.39 is 5.97 Å². The molecule has 5 nitrogen and oxygen atoms in total. The van der Waals surface area contributed by atoms with Crippen molar-refractivity contribution >= 4 is 12.0 Å². The average Bonchev–Trinajstić information content (AvgIpc) is 2.89. The number of benzene rings is 1. The highest BCUT2D eigenvalue weighted by molar-refractivity contribution is 5.85. The second-order valence-corrected chi connectivity index (χ2v) is 3.53. The molecule has 0 fully saturated rings. The van der Waals surface area contributed by atoms with Crippen LogP contribution in [0.2, 0.25) is 0 Å². The molecule has 0 bridgehead atoms. The number of hydrogen-bond donors (Lipinski definition) is 1. The number of aromatic nitrogens is 2. The van der Waals surface area contributed by atoms with Crippen LogP contribution in [0.15, 0.2) is 43.0 Å². The van der Waals surface area contributed by atoms with Crippen molar-refractivity contribution in [3.8, 4) is 11.8 Å². The van der Waals surface area contributed by atoms with E-state index in [1.54, 1.807) is 41.5 Å². The largest absolute Gasteiger partial charge is 0.478 e. The van der Waals surface area contributed by atoms with Gasteiger partial charge in [-0.15, -0.1) is 0 Å². The number of carbonyl (C=O) groups is 1. The number of nitriles is 1. The molecule has 1 heterocycles. The van der Waals surface area contributed by atoms with Crippen LogP contribution in [-0.4, -0.2) is 20.6 Å². The summed E-state index contributed by atoms with van der Waals surface area (Å²) in [6, 6.07) is 7.21. The Morgan fingerprint density at radius 1 is 1.50 bits per heavy atom. The average molecular weight is 239 g/mol. The third kappa shape index (κ3) is 2.44. The summed E-state index contributed by atoms with van der Waals surface area (Å²) in [4.78, 5) is 14.3. The molecule has 1 aromatic heterocycles. The van der Waals surface area contributed by atoms with E-state index in [4.69, 9.17) is 10.4 Å². The van der Waals surface area contributed by atoms with Gasteiger partial charge in [-0.3, -0.25) is 0 Å². The molecular formula is C13H9N3O2. The summed E-state index contributed by atoms with van der Waals surface area (Å²) in [5, 5.41) is 17.6. The lowest BCUT2D eigenvalue weighted by Crippen LogP contribution is -1.95. The van der Waals surface area contributed by atoms with E-state index in [0.717, 1.165) is 6.08 Å². The Labute approximate surface area is 103 Å². The summed E-state index contributed by atoms with van der Waals surface area (Å²) in [5.41, 5.74) is 1.83. The smallest absolute Gasteiger partial charge is 0.328 e. The second kappa shape index (κ2) is 4.97. The van der Waals surface area contributed by atoms with Crippen LogP contribution >= 0.6 is 0 Å². The maximum atomic E-state index is 10.4. The minimum atomic E-state index is -1.02. The molecule has 0 aliphatic rings. The molecule has 0 spiro atoms. The van der Waals surface area contributed by atoms with Crippen molar-refractivity contribution in [3.63, 3.8) is 0 Å². The summed E-state index contributed by atoms with van der Waals surface area (Å²) in [7, 11) is 0. The summed E-state index contributed by atoms with van der Waals surface area (Å²) in [5.74, 6) is -1.02. The van der Waals surface area contributed by atoms with Gasteiger partial charge in [0, 0.05) is 18.5 Å². The third-order valence-electron chi connectivity index (χ3n) is 2.34. The van der Waals surface area contributed by atoms with Gasteiger partial charge in [-0.05, 0) is 23.8 Å². The Morgan fingerprint density at radius 3 is 2.94 bits per heavy atom. The van der Waals surface area contributed by atoms with Gasteiger partial charge in [0.05, 0.1) is 17.6 Å². The maximum Gasteiger partial charge on any atom is 0.328 e. The predicted octanol–water partition coefficient (Wildman–Crippen LogP) is 1.84. The van der Waals surface area contributed by atoms with Gasteiger partial charge in [0.2, 0.25) is 0 Å². The van der Waals surface area contributed by atoms with Crippen LogP contribution in [0.1, 0.15) is 11.1 Å². The Morgan fingerprint density at radius 2 is 2.33 bits per heavy atom. The lowest BCUT2D eigenvalue weighted by Gasteiger charge is -2.05. The first-order chi connectivity index (χ1) is 8.70. The number of imidazole rings is 1. The van der Waals surface area contributed by atoms with Crippen LogP contribution in [0, 0.1) is 11.3 Å². The molecule has 0 saturated carbocycles. The van der Waals surface area contributed by atoms with Gasteiger partial charge in [0.1, 0.15) is 6.07 Å². The van der Waals surface area contributed by atoms with Crippen LogP contribution in [0.4, 0.5) is 0 Å². The van der Waals surface area contributed by atoms with E-state index in [-0.39, 0.29) is 0 Å². The van der Waals surface area contributed by atoms with Gasteiger partial charge in [-0.2, -0.15) is 5.26 Å². The van der Waals surface area contributed by atoms with E-state index in [2.05, 4.69) is 11.1 Å². The topological polar surface area (TPSA) is 78.9 Å². The molecule has 88 valence electrons. The molecule has 2 rings (SSSR count). The number of aliphatic carboxylic acids is 1. The van der Waals surface area contributed by atoms with Crippen molar-refractivity contribution in [1.82, 2.24) is 9.55 Å². The van der Waals surface area contributed by atoms with E-state index in [9.17, 15) is 4.79 Å². The lowest BCUT2D eigenvalue weighted by molar-refractivity contribution is -0.131. The molecule has 0 saturated heterocycles. The van der Waals surface area contributed by atoms with E-state index in [0.29, 0.717) is 16.8 Å². The van der Waals surface area contributed by atoms with Crippen molar-refractivity contribution in [3.05, 3.63) is 54.1 Å². The van der Waals surface area contributed by atoms with Crippen LogP contribution in [0.3, 0.4) is 0 Å². The van der Waals surface area contributed by atoms with Crippen molar-refractivity contribution in [2.24, 2.45) is 0 Å². The molecule has 18 heavy (non-hydrogen) atoms. The number of carboxylic acids is 1. The quantitative estimate of drug-likeness (QED) is 0.829. The molecule has 2 aromatic rings. The number of nitrogens with zero attached hydrogens (tertiary/aromatic N) is 3. The zero-order valence-electron chi connectivity index (χ0n) is 9.32. The van der Waals surface area contributed by atoms with E-state index >= 15 is 0 Å². The van der Waals surface area contributed by atoms with Crippen molar-refractivity contribution in [2.45, 2.75) is 0 Å². The second-order valence-electron chi connectivity index (χ2n) is 3.53. The van der Waals surface area contributed by atoms with Crippen molar-refractivity contribution < 1.29 is 9.90 Å². The number of carboxylic acid groups (broad SMARTS) is 1. The molecule has 0 amide bonds. The first-order valence-corrected chi connectivity index (χ1v) is 5.14. The van der Waals surface area contributed by atoms with Crippen LogP contribution in [0.5, 0.6) is 0 Å². The zero-order chi connectivity index (χ0) is 13.0. The SMILES string of the molecule is N#Cc1cc(/C=C/C(=O)O)ccc1-n1ccnc1. The standard InChI is InChI=1S/C13H9N3O2/c14-8-11-7-10(2-4-13(17)18)1-3-12(11)16-6-5-15-9-16/h1-7,9H,(H,17,18)/b4-2+. The lowest BCUT2D eigenvalue weighted by atomic mass is 10.1. The fourth-order valence-corrected chi connectivity index (χ4v) is 1.54. The fraction of sp³-hybridized carbons (Fsp3) is 0. The number of rotatable bonds is 3. The Kier molecular flexibility index (Phi) is 3.21. The fourth-order valence-electron chi connectivity index (χ4n) is 1.54. The monoisotopic (exact) mass is 239 g/mol. The number of hydrogen-bond acceptors (Lipinski definition) is 3. The molecule has 5 heteroatoms. The maximum absolute atomic E-state index is 10.4. The summed E-state index contributed by atoms with van der Waals surface area (Å²) in [6.45, 7) is 0. The van der Waals surface area contributed by atoms with Gasteiger partial charge < -0.3 is 9.67 Å². The van der Waals surface area contributed by atoms with Gasteiger partial charge >= 0.3 is 5.97 Å². The first-order valence-electron chi connectivity index (χ1n) is 5.14. The highest BCUT2D eigenvalue weighted by Crippen LogP contribution is 2.16. The molecule has 1 aromatic carbocycles. The van der Waals surface area contributed by atoms with Gasteiger partial charge in [-0.1, -0.05) is 6.07 Å². The molecule has 0 unspecified atom stereocenters. The zero-order valence-corrected chi connectivity index (χ0v) is 9.32. The Balaban J connectivity index is 2.42. The highest BCUT2D eigenvalue weighted by atomic mass is 16.4. The minimum absolute atomic E-state index is 0.459. The molecule has 0 radical (unpaired) electrons. The minimum Gasteiger partial charge on any atom is -0.478 e. The Bertz CT molecular complexity index is 637. The van der Waals surface area contributed by atoms with E-state index in [1.165, 1.54) is 6.08 Å². The van der Waals surface area contributed by atoms with Crippen molar-refractivity contribution in [2.75, 3.05) is 0 Å². The van der Waals surface area contributed by atoms with Gasteiger partial charge in [0.15, 0.2) is 0 Å². The molecule has 1 N–H and O–H groups in total. The van der Waals surface area contributed by atoms with E-state index in [1.807, 2.05) is 0 Å². The van der Waals surface area contributed by atoms with Crippen molar-refractivity contribution in [1.29, 1.82) is 5.26 Å². The summed E-state index contributed by atoms with van der Waals surface area (Å²) < 4.78 is 1.73.